The fourth-order valence-electron chi connectivity index (χ4n) is 3.47. The molecule has 1 saturated heterocycles. The number of halogens is 1. The number of hydrogen-bond donors (Lipinski definition) is 1. The first-order valence-corrected chi connectivity index (χ1v) is 9.51. The number of rotatable bonds is 4. The normalized spacial score (nSPS) is 18.3. The average Bonchev–Trinajstić information content (AvgIpc) is 3.29. The highest BCUT2D eigenvalue weighted by molar-refractivity contribution is 6.30. The molecule has 4 rings (SSSR count). The van der Waals surface area contributed by atoms with Crippen LogP contribution >= 0.6 is 11.6 Å². The number of piperazine rings is 1. The molecule has 3 heterocycles. The second-order valence-corrected chi connectivity index (χ2v) is 7.58. The SMILES string of the molecule is CC(C)c1c(-c2nc(C3CNCCN3C)no2)cnn1-c1cccc(Cl)c1. The van der Waals surface area contributed by atoms with Gasteiger partial charge in [0.05, 0.1) is 29.2 Å². The fraction of sp³-hybridized carbons (Fsp3) is 0.421. The molecule has 0 radical (unpaired) electrons. The van der Waals surface area contributed by atoms with E-state index in [9.17, 15) is 0 Å². The van der Waals surface area contributed by atoms with Crippen LogP contribution in [0.5, 0.6) is 0 Å². The van der Waals surface area contributed by atoms with Crippen LogP contribution in [0.2, 0.25) is 5.02 Å². The van der Waals surface area contributed by atoms with Crippen molar-refractivity contribution in [1.29, 1.82) is 0 Å². The first kappa shape index (κ1) is 18.2. The number of hydrogen-bond acceptors (Lipinski definition) is 6. The quantitative estimate of drug-likeness (QED) is 0.741. The molecular formula is C19H23ClN6O. The van der Waals surface area contributed by atoms with Gasteiger partial charge in [0.25, 0.3) is 5.89 Å². The van der Waals surface area contributed by atoms with E-state index >= 15 is 0 Å². The lowest BCUT2D eigenvalue weighted by molar-refractivity contribution is 0.190. The summed E-state index contributed by atoms with van der Waals surface area (Å²) < 4.78 is 7.51. The molecule has 1 aliphatic heterocycles. The first-order chi connectivity index (χ1) is 13.0. The zero-order valence-corrected chi connectivity index (χ0v) is 16.4. The highest BCUT2D eigenvalue weighted by atomic mass is 35.5. The summed E-state index contributed by atoms with van der Waals surface area (Å²) in [5.41, 5.74) is 2.78. The summed E-state index contributed by atoms with van der Waals surface area (Å²) in [7, 11) is 2.08. The van der Waals surface area contributed by atoms with E-state index in [1.807, 2.05) is 28.9 Å². The summed E-state index contributed by atoms with van der Waals surface area (Å²) in [4.78, 5) is 6.92. The number of nitrogens with one attached hydrogen (secondary N) is 1. The number of likely N-dealkylation sites (N-methyl/N-ethyl adjacent to an activating group) is 1. The molecule has 1 aliphatic rings. The van der Waals surface area contributed by atoms with Crippen molar-refractivity contribution in [3.8, 4) is 17.1 Å². The Hall–Kier alpha value is -2.22. The van der Waals surface area contributed by atoms with Crippen molar-refractivity contribution in [3.05, 3.63) is 47.0 Å². The number of aromatic nitrogens is 4. The maximum Gasteiger partial charge on any atom is 0.261 e. The van der Waals surface area contributed by atoms with E-state index in [0.29, 0.717) is 16.7 Å². The van der Waals surface area contributed by atoms with Gasteiger partial charge in [0.1, 0.15) is 0 Å². The molecule has 1 unspecified atom stereocenters. The minimum atomic E-state index is 0.113. The molecule has 27 heavy (non-hydrogen) atoms. The Morgan fingerprint density at radius 1 is 1.33 bits per heavy atom. The Morgan fingerprint density at radius 3 is 2.93 bits per heavy atom. The van der Waals surface area contributed by atoms with Crippen LogP contribution in [-0.4, -0.2) is 51.5 Å². The molecular weight excluding hydrogens is 364 g/mol. The first-order valence-electron chi connectivity index (χ1n) is 9.13. The lowest BCUT2D eigenvalue weighted by Crippen LogP contribution is -2.44. The van der Waals surface area contributed by atoms with Gasteiger partial charge in [0.2, 0.25) is 0 Å². The Morgan fingerprint density at radius 2 is 2.19 bits per heavy atom. The van der Waals surface area contributed by atoms with E-state index in [1.165, 1.54) is 0 Å². The van der Waals surface area contributed by atoms with Gasteiger partial charge in [-0.2, -0.15) is 10.1 Å². The molecule has 8 heteroatoms. The molecule has 0 aliphatic carbocycles. The summed E-state index contributed by atoms with van der Waals surface area (Å²) in [6.07, 6.45) is 1.79. The van der Waals surface area contributed by atoms with Crippen LogP contribution in [0.1, 0.15) is 37.3 Å². The van der Waals surface area contributed by atoms with E-state index < -0.39 is 0 Å². The predicted molar refractivity (Wildman–Crippen MR) is 104 cm³/mol. The second kappa shape index (κ2) is 7.42. The van der Waals surface area contributed by atoms with Crippen molar-refractivity contribution in [2.45, 2.75) is 25.8 Å². The van der Waals surface area contributed by atoms with Crippen LogP contribution in [0.3, 0.4) is 0 Å². The zero-order valence-electron chi connectivity index (χ0n) is 15.7. The molecule has 0 saturated carbocycles. The van der Waals surface area contributed by atoms with Crippen molar-refractivity contribution < 1.29 is 4.52 Å². The molecule has 1 aromatic carbocycles. The molecule has 0 bridgehead atoms. The van der Waals surface area contributed by atoms with Crippen LogP contribution in [0.15, 0.2) is 35.0 Å². The van der Waals surface area contributed by atoms with Gasteiger partial charge >= 0.3 is 0 Å². The van der Waals surface area contributed by atoms with E-state index in [2.05, 4.69) is 46.4 Å². The van der Waals surface area contributed by atoms with E-state index in [1.54, 1.807) is 6.20 Å². The molecule has 0 amide bonds. The standard InChI is InChI=1S/C19H23ClN6O/c1-12(2)17-15(10-22-26(17)14-6-4-5-13(20)9-14)19-23-18(24-27-19)16-11-21-7-8-25(16)3/h4-6,9-10,12,16,21H,7-8,11H2,1-3H3. The molecule has 1 fully saturated rings. The van der Waals surface area contributed by atoms with Crippen LogP contribution in [0.25, 0.3) is 17.1 Å². The monoisotopic (exact) mass is 386 g/mol. The number of benzene rings is 1. The van der Waals surface area contributed by atoms with Gasteiger partial charge in [-0.3, -0.25) is 4.90 Å². The molecule has 1 atom stereocenters. The molecule has 142 valence electrons. The largest absolute Gasteiger partial charge is 0.334 e. The summed E-state index contributed by atoms with van der Waals surface area (Å²) in [6, 6.07) is 7.76. The number of nitrogens with zero attached hydrogens (tertiary/aromatic N) is 5. The van der Waals surface area contributed by atoms with Gasteiger partial charge in [-0.25, -0.2) is 4.68 Å². The lowest BCUT2D eigenvalue weighted by atomic mass is 10.1. The summed E-state index contributed by atoms with van der Waals surface area (Å²) in [5.74, 6) is 1.42. The molecule has 1 N–H and O–H groups in total. The molecule has 7 nitrogen and oxygen atoms in total. The van der Waals surface area contributed by atoms with E-state index in [4.69, 9.17) is 16.1 Å². The van der Waals surface area contributed by atoms with Crippen LogP contribution < -0.4 is 5.32 Å². The van der Waals surface area contributed by atoms with Crippen molar-refractivity contribution >= 4 is 11.6 Å². The van der Waals surface area contributed by atoms with E-state index in [-0.39, 0.29) is 12.0 Å². The summed E-state index contributed by atoms with van der Waals surface area (Å²) in [5, 5.41) is 12.9. The van der Waals surface area contributed by atoms with Gasteiger partial charge < -0.3 is 9.84 Å². The second-order valence-electron chi connectivity index (χ2n) is 7.15. The van der Waals surface area contributed by atoms with Crippen LogP contribution in [-0.2, 0) is 0 Å². The average molecular weight is 387 g/mol. The predicted octanol–water partition coefficient (Wildman–Crippen LogP) is 3.28. The fourth-order valence-corrected chi connectivity index (χ4v) is 3.65. The molecule has 3 aromatic rings. The van der Waals surface area contributed by atoms with Crippen molar-refractivity contribution in [3.63, 3.8) is 0 Å². The Kier molecular flexibility index (Phi) is 4.99. The topological polar surface area (TPSA) is 72.0 Å². The minimum absolute atomic E-state index is 0.113. The highest BCUT2D eigenvalue weighted by Crippen LogP contribution is 2.31. The lowest BCUT2D eigenvalue weighted by Gasteiger charge is -2.30. The molecule has 2 aromatic heterocycles. The van der Waals surface area contributed by atoms with Crippen LogP contribution in [0, 0.1) is 0 Å². The van der Waals surface area contributed by atoms with Crippen LogP contribution in [0.4, 0.5) is 0 Å². The van der Waals surface area contributed by atoms with Gasteiger partial charge in [-0.05, 0) is 31.2 Å². The van der Waals surface area contributed by atoms with E-state index in [0.717, 1.165) is 36.6 Å². The van der Waals surface area contributed by atoms with Gasteiger partial charge in [0.15, 0.2) is 5.82 Å². The third-order valence-electron chi connectivity index (χ3n) is 4.89. The van der Waals surface area contributed by atoms with Crippen molar-refractivity contribution in [2.24, 2.45) is 0 Å². The van der Waals surface area contributed by atoms with Gasteiger partial charge in [-0.1, -0.05) is 36.7 Å². The highest BCUT2D eigenvalue weighted by Gasteiger charge is 2.27. The Bertz CT molecular complexity index is 934. The Labute approximate surface area is 163 Å². The minimum Gasteiger partial charge on any atom is -0.334 e. The van der Waals surface area contributed by atoms with Gasteiger partial charge in [0, 0.05) is 24.7 Å². The van der Waals surface area contributed by atoms with Crippen molar-refractivity contribution in [2.75, 3.05) is 26.7 Å². The van der Waals surface area contributed by atoms with Crippen molar-refractivity contribution in [1.82, 2.24) is 30.1 Å². The summed E-state index contributed by atoms with van der Waals surface area (Å²) in [6.45, 7) is 6.99. The smallest absolute Gasteiger partial charge is 0.261 e. The molecule has 0 spiro atoms. The maximum absolute atomic E-state index is 6.16. The third-order valence-corrected chi connectivity index (χ3v) is 5.12. The third kappa shape index (κ3) is 3.50. The zero-order chi connectivity index (χ0) is 19.0. The summed E-state index contributed by atoms with van der Waals surface area (Å²) >= 11 is 6.16. The Balaban J connectivity index is 1.72. The van der Waals surface area contributed by atoms with Gasteiger partial charge in [-0.15, -0.1) is 0 Å². The maximum atomic E-state index is 6.16.